The fourth-order valence-corrected chi connectivity index (χ4v) is 1.80. The highest BCUT2D eigenvalue weighted by Crippen LogP contribution is 2.40. The van der Waals surface area contributed by atoms with Crippen molar-refractivity contribution in [2.75, 3.05) is 0 Å². The molecule has 1 aromatic heterocycles. The van der Waals surface area contributed by atoms with Gasteiger partial charge >= 0.3 is 5.97 Å². The summed E-state index contributed by atoms with van der Waals surface area (Å²) >= 11 is 0. The quantitative estimate of drug-likeness (QED) is 0.756. The minimum absolute atomic E-state index is 0.0732. The van der Waals surface area contributed by atoms with Gasteiger partial charge in [0.25, 0.3) is 5.56 Å². The molecule has 80 valence electrons. The highest BCUT2D eigenvalue weighted by Gasteiger charge is 2.36. The van der Waals surface area contributed by atoms with Gasteiger partial charge < -0.3 is 10.1 Å². The Hall–Kier alpha value is -1.65. The van der Waals surface area contributed by atoms with Crippen LogP contribution in [-0.2, 0) is 5.41 Å². The summed E-state index contributed by atoms with van der Waals surface area (Å²) in [6, 6.07) is 0. The van der Waals surface area contributed by atoms with Crippen molar-refractivity contribution in [3.8, 4) is 0 Å². The minimum Gasteiger partial charge on any atom is -0.477 e. The molecule has 0 unspecified atom stereocenters. The van der Waals surface area contributed by atoms with Gasteiger partial charge in [0.05, 0.1) is 0 Å². The maximum absolute atomic E-state index is 11.4. The number of carboxylic acid groups (broad SMARTS) is 1. The molecule has 2 rings (SSSR count). The van der Waals surface area contributed by atoms with Gasteiger partial charge in [0, 0.05) is 11.6 Å². The first-order valence-corrected chi connectivity index (χ1v) is 4.86. The van der Waals surface area contributed by atoms with E-state index in [0.717, 1.165) is 25.5 Å². The summed E-state index contributed by atoms with van der Waals surface area (Å²) in [5.74, 6) is -0.641. The third-order valence-corrected chi connectivity index (χ3v) is 3.06. The summed E-state index contributed by atoms with van der Waals surface area (Å²) in [4.78, 5) is 28.6. The number of aromatic nitrogens is 2. The Kier molecular flexibility index (Phi) is 2.10. The summed E-state index contributed by atoms with van der Waals surface area (Å²) < 4.78 is 0. The lowest BCUT2D eigenvalue weighted by Crippen LogP contribution is -2.35. The van der Waals surface area contributed by atoms with E-state index < -0.39 is 11.5 Å². The van der Waals surface area contributed by atoms with Crippen molar-refractivity contribution >= 4 is 5.97 Å². The molecule has 0 aliphatic heterocycles. The Morgan fingerprint density at radius 1 is 1.60 bits per heavy atom. The Morgan fingerprint density at radius 2 is 2.27 bits per heavy atom. The first-order valence-electron chi connectivity index (χ1n) is 4.86. The molecule has 5 heteroatoms. The predicted molar refractivity (Wildman–Crippen MR) is 53.0 cm³/mol. The summed E-state index contributed by atoms with van der Waals surface area (Å²) in [6.45, 7) is 2.02. The van der Waals surface area contributed by atoms with E-state index in [9.17, 15) is 9.59 Å². The van der Waals surface area contributed by atoms with Crippen LogP contribution in [0.15, 0.2) is 11.0 Å². The van der Waals surface area contributed by atoms with Crippen LogP contribution in [0.5, 0.6) is 0 Å². The number of aromatic amines is 1. The van der Waals surface area contributed by atoms with E-state index in [1.165, 1.54) is 0 Å². The van der Waals surface area contributed by atoms with Crippen LogP contribution in [0.1, 0.15) is 42.4 Å². The standard InChI is InChI=1S/C10H12N2O3/c1-10(3-2-4-10)9-11-5-6(8(14)15)7(13)12-9/h5H,2-4H2,1H3,(H,14,15)(H,11,12,13). The fourth-order valence-electron chi connectivity index (χ4n) is 1.80. The lowest BCUT2D eigenvalue weighted by molar-refractivity contribution is 0.0694. The van der Waals surface area contributed by atoms with Crippen LogP contribution >= 0.6 is 0 Å². The van der Waals surface area contributed by atoms with Gasteiger partial charge in [0.1, 0.15) is 11.4 Å². The molecule has 0 atom stereocenters. The van der Waals surface area contributed by atoms with Crippen molar-refractivity contribution in [3.63, 3.8) is 0 Å². The monoisotopic (exact) mass is 208 g/mol. The first-order chi connectivity index (χ1) is 7.03. The van der Waals surface area contributed by atoms with E-state index in [0.29, 0.717) is 5.82 Å². The zero-order valence-corrected chi connectivity index (χ0v) is 8.41. The molecule has 0 saturated heterocycles. The van der Waals surface area contributed by atoms with Crippen LogP contribution < -0.4 is 5.56 Å². The van der Waals surface area contributed by atoms with E-state index >= 15 is 0 Å². The number of aromatic carboxylic acids is 1. The molecule has 5 nitrogen and oxygen atoms in total. The zero-order valence-electron chi connectivity index (χ0n) is 8.41. The van der Waals surface area contributed by atoms with Gasteiger partial charge in [-0.3, -0.25) is 4.79 Å². The average molecular weight is 208 g/mol. The van der Waals surface area contributed by atoms with E-state index in [4.69, 9.17) is 5.11 Å². The van der Waals surface area contributed by atoms with Crippen molar-refractivity contribution in [2.45, 2.75) is 31.6 Å². The van der Waals surface area contributed by atoms with E-state index in [1.807, 2.05) is 6.92 Å². The largest absolute Gasteiger partial charge is 0.477 e. The second-order valence-corrected chi connectivity index (χ2v) is 4.19. The van der Waals surface area contributed by atoms with Crippen LogP contribution in [0.25, 0.3) is 0 Å². The summed E-state index contributed by atoms with van der Waals surface area (Å²) in [6.07, 6.45) is 4.24. The summed E-state index contributed by atoms with van der Waals surface area (Å²) in [7, 11) is 0. The molecule has 1 heterocycles. The van der Waals surface area contributed by atoms with Crippen LogP contribution in [0.2, 0.25) is 0 Å². The summed E-state index contributed by atoms with van der Waals surface area (Å²) in [5.41, 5.74) is -0.946. The lowest BCUT2D eigenvalue weighted by atomic mass is 9.70. The van der Waals surface area contributed by atoms with Gasteiger partial charge in [-0.1, -0.05) is 13.3 Å². The zero-order chi connectivity index (χ0) is 11.1. The number of rotatable bonds is 2. The Balaban J connectivity index is 2.42. The Bertz CT molecular complexity index is 460. The first kappa shape index (κ1) is 9.89. The van der Waals surface area contributed by atoms with Crippen LogP contribution in [0, 0.1) is 0 Å². The molecule has 1 fully saturated rings. The third kappa shape index (κ3) is 1.54. The molecular weight excluding hydrogens is 196 g/mol. The maximum Gasteiger partial charge on any atom is 0.342 e. The van der Waals surface area contributed by atoms with E-state index in [-0.39, 0.29) is 11.0 Å². The molecule has 15 heavy (non-hydrogen) atoms. The molecule has 1 saturated carbocycles. The molecular formula is C10H12N2O3. The molecule has 1 aliphatic rings. The smallest absolute Gasteiger partial charge is 0.342 e. The number of hydrogen-bond acceptors (Lipinski definition) is 3. The molecule has 0 bridgehead atoms. The number of hydrogen-bond donors (Lipinski definition) is 2. The molecule has 0 radical (unpaired) electrons. The highest BCUT2D eigenvalue weighted by molar-refractivity contribution is 5.86. The summed E-state index contributed by atoms with van der Waals surface area (Å²) in [5, 5.41) is 8.67. The van der Waals surface area contributed by atoms with Gasteiger partial charge in [-0.25, -0.2) is 9.78 Å². The molecule has 0 spiro atoms. The molecule has 1 aliphatic carbocycles. The molecule has 0 amide bonds. The van der Waals surface area contributed by atoms with Gasteiger partial charge in [-0.2, -0.15) is 0 Å². The van der Waals surface area contributed by atoms with Crippen molar-refractivity contribution < 1.29 is 9.90 Å². The third-order valence-electron chi connectivity index (χ3n) is 3.06. The van der Waals surface area contributed by atoms with Gasteiger partial charge in [-0.15, -0.1) is 0 Å². The normalized spacial score (nSPS) is 18.2. The predicted octanol–water partition coefficient (Wildman–Crippen LogP) is 0.910. The molecule has 0 aromatic carbocycles. The van der Waals surface area contributed by atoms with Gasteiger partial charge in [0.2, 0.25) is 0 Å². The Labute approximate surface area is 86.2 Å². The SMILES string of the molecule is CC1(c2ncc(C(=O)O)c(=O)[nH]2)CCC1. The van der Waals surface area contributed by atoms with Crippen LogP contribution in [0.4, 0.5) is 0 Å². The molecule has 2 N–H and O–H groups in total. The van der Waals surface area contributed by atoms with Gasteiger partial charge in [-0.05, 0) is 12.8 Å². The average Bonchev–Trinajstić information content (AvgIpc) is 2.13. The number of nitrogens with one attached hydrogen (secondary N) is 1. The number of H-pyrrole nitrogens is 1. The number of carbonyl (C=O) groups is 1. The van der Waals surface area contributed by atoms with E-state index in [2.05, 4.69) is 9.97 Å². The van der Waals surface area contributed by atoms with Crippen molar-refractivity contribution in [2.24, 2.45) is 0 Å². The van der Waals surface area contributed by atoms with Crippen LogP contribution in [-0.4, -0.2) is 21.0 Å². The molecule has 1 aromatic rings. The van der Waals surface area contributed by atoms with Crippen LogP contribution in [0.3, 0.4) is 0 Å². The Morgan fingerprint density at radius 3 is 2.67 bits per heavy atom. The van der Waals surface area contributed by atoms with Crippen molar-refractivity contribution in [1.29, 1.82) is 0 Å². The highest BCUT2D eigenvalue weighted by atomic mass is 16.4. The topological polar surface area (TPSA) is 83.0 Å². The maximum atomic E-state index is 11.4. The van der Waals surface area contributed by atoms with Gasteiger partial charge in [0.15, 0.2) is 0 Å². The lowest BCUT2D eigenvalue weighted by Gasteiger charge is -2.36. The minimum atomic E-state index is -1.24. The second kappa shape index (κ2) is 3.18. The second-order valence-electron chi connectivity index (χ2n) is 4.19. The van der Waals surface area contributed by atoms with Crippen molar-refractivity contribution in [1.82, 2.24) is 9.97 Å². The van der Waals surface area contributed by atoms with Crippen molar-refractivity contribution in [3.05, 3.63) is 27.9 Å². The number of carboxylic acids is 1. The van der Waals surface area contributed by atoms with E-state index in [1.54, 1.807) is 0 Å². The fraction of sp³-hybridized carbons (Fsp3) is 0.500. The number of nitrogens with zero attached hydrogens (tertiary/aromatic N) is 1.